The van der Waals surface area contributed by atoms with Gasteiger partial charge in [-0.05, 0) is 48.0 Å². The van der Waals surface area contributed by atoms with Crippen molar-refractivity contribution in [1.82, 2.24) is 9.97 Å². The topological polar surface area (TPSA) is 82.6 Å². The lowest BCUT2D eigenvalue weighted by molar-refractivity contribution is 0.109. The van der Waals surface area contributed by atoms with Gasteiger partial charge in [-0.15, -0.1) is 0 Å². The Morgan fingerprint density at radius 3 is 2.62 bits per heavy atom. The number of nitrogens with zero attached hydrogens (tertiary/aromatic N) is 3. The molecule has 0 saturated heterocycles. The van der Waals surface area contributed by atoms with Crippen LogP contribution in [-0.4, -0.2) is 29.0 Å². The molecule has 0 radical (unpaired) electrons. The average molecular weight is 456 g/mol. The Morgan fingerprint density at radius 1 is 0.912 bits per heavy atom. The van der Waals surface area contributed by atoms with Gasteiger partial charge in [0, 0.05) is 46.4 Å². The van der Waals surface area contributed by atoms with Gasteiger partial charge in [0.1, 0.15) is 35.4 Å². The van der Waals surface area contributed by atoms with Crippen LogP contribution >= 0.6 is 0 Å². The molecule has 0 amide bonds. The Labute approximate surface area is 193 Å². The number of rotatable bonds is 2. The molecular weight excluding hydrogens is 438 g/mol. The molecule has 6 rings (SSSR count). The van der Waals surface area contributed by atoms with E-state index in [0.717, 1.165) is 23.3 Å². The lowest BCUT2D eigenvalue weighted by Crippen LogP contribution is -2.42. The van der Waals surface area contributed by atoms with Gasteiger partial charge in [0.05, 0.1) is 6.61 Å². The summed E-state index contributed by atoms with van der Waals surface area (Å²) in [6.07, 6.45) is 5.15. The molecule has 168 valence electrons. The first kappa shape index (κ1) is 20.4. The fourth-order valence-corrected chi connectivity index (χ4v) is 4.49. The van der Waals surface area contributed by atoms with Crippen molar-refractivity contribution in [2.75, 3.05) is 13.2 Å². The first-order valence-corrected chi connectivity index (χ1v) is 10.6. The van der Waals surface area contributed by atoms with Gasteiger partial charge >= 0.3 is 0 Å². The number of amidine groups is 1. The Bertz CT molecular complexity index is 1460. The molecule has 0 unspecified atom stereocenters. The van der Waals surface area contributed by atoms with Crippen LogP contribution in [0.1, 0.15) is 11.1 Å². The number of aromatic nitrogens is 2. The standard InChI is InChI=1S/C26H18F2N4O2/c27-18-4-5-22(28)19(10-18)15-3-6-23-20(8-15)26(14-33-13-24(29)32-26)21-9-17(12-31-25(21)34-23)16-2-1-7-30-11-16/h1-12H,13-14H2,(H2,29,32)/t26-/m0/s1. The molecular formula is C26H18F2N4O2. The minimum Gasteiger partial charge on any atom is -0.438 e. The van der Waals surface area contributed by atoms with E-state index in [1.54, 1.807) is 36.8 Å². The Morgan fingerprint density at radius 2 is 1.79 bits per heavy atom. The van der Waals surface area contributed by atoms with Crippen LogP contribution in [0.3, 0.4) is 0 Å². The van der Waals surface area contributed by atoms with Crippen LogP contribution in [0.4, 0.5) is 8.78 Å². The van der Waals surface area contributed by atoms with E-state index in [1.807, 2.05) is 18.2 Å². The fraction of sp³-hybridized carbons (Fsp3) is 0.115. The molecule has 0 fully saturated rings. The number of fused-ring (bicyclic) bond motifs is 4. The normalized spacial score (nSPS) is 18.6. The molecule has 2 aromatic carbocycles. The molecule has 1 spiro atoms. The molecule has 4 heterocycles. The van der Waals surface area contributed by atoms with Crippen molar-refractivity contribution in [2.24, 2.45) is 10.7 Å². The van der Waals surface area contributed by atoms with E-state index < -0.39 is 17.2 Å². The fourth-order valence-electron chi connectivity index (χ4n) is 4.49. The van der Waals surface area contributed by atoms with Gasteiger partial charge in [-0.25, -0.2) is 13.8 Å². The van der Waals surface area contributed by atoms with Crippen molar-refractivity contribution in [1.29, 1.82) is 0 Å². The smallest absolute Gasteiger partial charge is 0.225 e. The van der Waals surface area contributed by atoms with Crippen LogP contribution in [0, 0.1) is 11.6 Å². The number of pyridine rings is 2. The number of hydrogen-bond acceptors (Lipinski definition) is 6. The lowest BCUT2D eigenvalue weighted by Gasteiger charge is -2.39. The van der Waals surface area contributed by atoms with Gasteiger partial charge < -0.3 is 15.2 Å². The highest BCUT2D eigenvalue weighted by Crippen LogP contribution is 2.51. The maximum atomic E-state index is 14.6. The Kier molecular flexibility index (Phi) is 4.63. The molecule has 2 N–H and O–H groups in total. The number of halogens is 2. The number of aliphatic imine (C=N–C) groups is 1. The molecule has 2 aliphatic heterocycles. The minimum atomic E-state index is -1.06. The summed E-state index contributed by atoms with van der Waals surface area (Å²) in [7, 11) is 0. The average Bonchev–Trinajstić information content (AvgIpc) is 2.86. The summed E-state index contributed by atoms with van der Waals surface area (Å²) in [5, 5.41) is 0. The summed E-state index contributed by atoms with van der Waals surface area (Å²) in [6.45, 7) is 0.380. The number of benzene rings is 2. The first-order valence-electron chi connectivity index (χ1n) is 10.6. The number of nitrogens with two attached hydrogens (primary N) is 1. The molecule has 2 aliphatic rings. The zero-order chi connectivity index (χ0) is 23.3. The van der Waals surface area contributed by atoms with Crippen molar-refractivity contribution < 1.29 is 18.3 Å². The predicted molar refractivity (Wildman–Crippen MR) is 123 cm³/mol. The zero-order valence-electron chi connectivity index (χ0n) is 17.8. The van der Waals surface area contributed by atoms with E-state index in [-0.39, 0.29) is 18.8 Å². The van der Waals surface area contributed by atoms with Crippen molar-refractivity contribution in [3.8, 4) is 33.9 Å². The summed E-state index contributed by atoms with van der Waals surface area (Å²) in [5.41, 5.74) is 8.71. The number of ether oxygens (including phenoxy) is 2. The summed E-state index contributed by atoms with van der Waals surface area (Å²) >= 11 is 0. The van der Waals surface area contributed by atoms with E-state index >= 15 is 0 Å². The van der Waals surface area contributed by atoms with Crippen LogP contribution in [-0.2, 0) is 10.3 Å². The maximum absolute atomic E-state index is 14.6. The monoisotopic (exact) mass is 456 g/mol. The van der Waals surface area contributed by atoms with E-state index in [4.69, 9.17) is 20.2 Å². The second-order valence-electron chi connectivity index (χ2n) is 8.21. The second-order valence-corrected chi connectivity index (χ2v) is 8.21. The first-order chi connectivity index (χ1) is 16.5. The molecule has 0 bridgehead atoms. The summed E-state index contributed by atoms with van der Waals surface area (Å²) < 4.78 is 40.4. The molecule has 0 aliphatic carbocycles. The van der Waals surface area contributed by atoms with E-state index in [9.17, 15) is 8.78 Å². The van der Waals surface area contributed by atoms with Crippen LogP contribution in [0.2, 0.25) is 0 Å². The summed E-state index contributed by atoms with van der Waals surface area (Å²) in [4.78, 5) is 13.6. The van der Waals surface area contributed by atoms with Crippen LogP contribution < -0.4 is 10.5 Å². The van der Waals surface area contributed by atoms with Crippen molar-refractivity contribution in [3.63, 3.8) is 0 Å². The SMILES string of the molecule is NC1=N[C@@]2(COC1)c1cc(-c3cc(F)ccc3F)ccc1Oc1ncc(-c3cccnc3)cc12. The van der Waals surface area contributed by atoms with Crippen LogP contribution in [0.15, 0.2) is 78.2 Å². The highest BCUT2D eigenvalue weighted by Gasteiger charge is 2.45. The Hall–Kier alpha value is -4.17. The van der Waals surface area contributed by atoms with Gasteiger partial charge in [0.15, 0.2) is 0 Å². The van der Waals surface area contributed by atoms with Gasteiger partial charge in [0.2, 0.25) is 5.88 Å². The zero-order valence-corrected chi connectivity index (χ0v) is 17.8. The highest BCUT2D eigenvalue weighted by molar-refractivity contribution is 5.84. The quantitative estimate of drug-likeness (QED) is 0.467. The molecule has 1 atom stereocenters. The van der Waals surface area contributed by atoms with Crippen LogP contribution in [0.5, 0.6) is 11.6 Å². The molecule has 8 heteroatoms. The third-order valence-electron chi connectivity index (χ3n) is 6.06. The van der Waals surface area contributed by atoms with Crippen molar-refractivity contribution in [3.05, 3.63) is 95.9 Å². The molecule has 0 saturated carbocycles. The van der Waals surface area contributed by atoms with Gasteiger partial charge in [0.25, 0.3) is 0 Å². The predicted octanol–water partition coefficient (Wildman–Crippen LogP) is 4.83. The highest BCUT2D eigenvalue weighted by atomic mass is 19.1. The number of hydrogen-bond donors (Lipinski definition) is 1. The minimum absolute atomic E-state index is 0.139. The Balaban J connectivity index is 1.58. The van der Waals surface area contributed by atoms with Crippen LogP contribution in [0.25, 0.3) is 22.3 Å². The van der Waals surface area contributed by atoms with Gasteiger partial charge in [-0.1, -0.05) is 12.1 Å². The summed E-state index contributed by atoms with van der Waals surface area (Å²) in [5.74, 6) is 0.137. The van der Waals surface area contributed by atoms with Gasteiger partial charge in [-0.3, -0.25) is 9.98 Å². The third kappa shape index (κ3) is 3.22. The van der Waals surface area contributed by atoms with Crippen molar-refractivity contribution in [2.45, 2.75) is 5.54 Å². The van der Waals surface area contributed by atoms with E-state index in [2.05, 4.69) is 9.97 Å². The van der Waals surface area contributed by atoms with Crippen molar-refractivity contribution >= 4 is 5.84 Å². The lowest BCUT2D eigenvalue weighted by atomic mass is 9.80. The molecule has 4 aromatic rings. The van der Waals surface area contributed by atoms with E-state index in [0.29, 0.717) is 34.2 Å². The molecule has 34 heavy (non-hydrogen) atoms. The molecule has 6 nitrogen and oxygen atoms in total. The van der Waals surface area contributed by atoms with Gasteiger partial charge in [-0.2, -0.15) is 0 Å². The largest absolute Gasteiger partial charge is 0.438 e. The third-order valence-corrected chi connectivity index (χ3v) is 6.06. The maximum Gasteiger partial charge on any atom is 0.225 e. The summed E-state index contributed by atoms with van der Waals surface area (Å²) in [6, 6.07) is 14.2. The van der Waals surface area contributed by atoms with E-state index in [1.165, 1.54) is 6.07 Å². The molecule has 2 aromatic heterocycles. The second kappa shape index (κ2) is 7.71.